The minimum absolute atomic E-state index is 0.0311. The zero-order valence-electron chi connectivity index (χ0n) is 16.0. The molecule has 1 saturated heterocycles. The first-order chi connectivity index (χ1) is 14.1. The van der Waals surface area contributed by atoms with E-state index in [1.807, 2.05) is 35.2 Å². The van der Waals surface area contributed by atoms with Crippen LogP contribution in [0.3, 0.4) is 0 Å². The minimum atomic E-state index is -0.257. The molecular formula is C23H22FNO2S2. The Labute approximate surface area is 179 Å². The number of rotatable bonds is 5. The molecule has 0 bridgehead atoms. The lowest BCUT2D eigenvalue weighted by molar-refractivity contribution is -0.124. The van der Waals surface area contributed by atoms with E-state index in [2.05, 4.69) is 0 Å². The summed E-state index contributed by atoms with van der Waals surface area (Å²) < 4.78 is 19.4. The Kier molecular flexibility index (Phi) is 6.31. The van der Waals surface area contributed by atoms with Crippen molar-refractivity contribution >= 4 is 40.3 Å². The van der Waals surface area contributed by atoms with E-state index >= 15 is 0 Å². The number of hydrogen-bond acceptors (Lipinski definition) is 4. The van der Waals surface area contributed by atoms with Crippen LogP contribution in [0.2, 0.25) is 0 Å². The standard InChI is InChI=1S/C23H22FNO2S2/c24-18-10-6-17(7-11-18)15-27-20-12-8-16(9-13-20)14-21-22(26)25(23(28)29-21)19-4-2-1-3-5-19/h6-14,19H,1-5,15H2/b21-14+. The number of thioether (sulfide) groups is 1. The topological polar surface area (TPSA) is 29.5 Å². The zero-order chi connectivity index (χ0) is 20.2. The van der Waals surface area contributed by atoms with E-state index in [0.29, 0.717) is 15.8 Å². The van der Waals surface area contributed by atoms with Gasteiger partial charge in [0.25, 0.3) is 5.91 Å². The summed E-state index contributed by atoms with van der Waals surface area (Å²) in [5.41, 5.74) is 1.84. The number of carbonyl (C=O) groups is 1. The van der Waals surface area contributed by atoms with E-state index in [4.69, 9.17) is 17.0 Å². The summed E-state index contributed by atoms with van der Waals surface area (Å²) >= 11 is 6.88. The number of nitrogens with zero attached hydrogens (tertiary/aromatic N) is 1. The van der Waals surface area contributed by atoms with Crippen LogP contribution in [-0.4, -0.2) is 21.2 Å². The monoisotopic (exact) mass is 427 g/mol. The number of benzene rings is 2. The molecule has 150 valence electrons. The summed E-state index contributed by atoms with van der Waals surface area (Å²) in [6, 6.07) is 14.1. The van der Waals surface area contributed by atoms with Crippen molar-refractivity contribution in [3.8, 4) is 5.75 Å². The molecule has 3 nitrogen and oxygen atoms in total. The van der Waals surface area contributed by atoms with Crippen molar-refractivity contribution in [2.45, 2.75) is 44.8 Å². The van der Waals surface area contributed by atoms with Crippen LogP contribution < -0.4 is 4.74 Å². The Morgan fingerprint density at radius 1 is 1.07 bits per heavy atom. The van der Waals surface area contributed by atoms with Crippen molar-refractivity contribution < 1.29 is 13.9 Å². The molecule has 2 aromatic rings. The van der Waals surface area contributed by atoms with Crippen molar-refractivity contribution in [3.63, 3.8) is 0 Å². The summed E-state index contributed by atoms with van der Waals surface area (Å²) in [5, 5.41) is 0. The first kappa shape index (κ1) is 20.1. The van der Waals surface area contributed by atoms with E-state index in [1.165, 1.54) is 43.2 Å². The van der Waals surface area contributed by atoms with Crippen molar-refractivity contribution in [1.29, 1.82) is 0 Å². The summed E-state index contributed by atoms with van der Waals surface area (Å²) in [4.78, 5) is 15.4. The van der Waals surface area contributed by atoms with Crippen LogP contribution in [0.4, 0.5) is 4.39 Å². The van der Waals surface area contributed by atoms with Gasteiger partial charge in [0.15, 0.2) is 0 Å². The lowest BCUT2D eigenvalue weighted by Gasteiger charge is -2.29. The van der Waals surface area contributed by atoms with Gasteiger partial charge in [0.05, 0.1) is 4.91 Å². The molecule has 1 amide bonds. The van der Waals surface area contributed by atoms with Gasteiger partial charge in [-0.25, -0.2) is 4.39 Å². The number of thiocarbonyl (C=S) groups is 1. The van der Waals surface area contributed by atoms with E-state index in [0.717, 1.165) is 29.7 Å². The predicted molar refractivity (Wildman–Crippen MR) is 119 cm³/mol. The van der Waals surface area contributed by atoms with Crippen LogP contribution in [-0.2, 0) is 11.4 Å². The molecular weight excluding hydrogens is 405 g/mol. The second-order valence-corrected chi connectivity index (χ2v) is 9.00. The smallest absolute Gasteiger partial charge is 0.266 e. The molecule has 1 aliphatic heterocycles. The molecule has 0 aromatic heterocycles. The normalized spacial score (nSPS) is 19.2. The highest BCUT2D eigenvalue weighted by Crippen LogP contribution is 2.37. The highest BCUT2D eigenvalue weighted by atomic mass is 32.2. The van der Waals surface area contributed by atoms with Crippen molar-refractivity contribution in [1.82, 2.24) is 4.90 Å². The highest BCUT2D eigenvalue weighted by molar-refractivity contribution is 8.26. The highest BCUT2D eigenvalue weighted by Gasteiger charge is 2.37. The van der Waals surface area contributed by atoms with E-state index in [9.17, 15) is 9.18 Å². The molecule has 0 N–H and O–H groups in total. The van der Waals surface area contributed by atoms with Crippen molar-refractivity contribution in [2.75, 3.05) is 0 Å². The quantitative estimate of drug-likeness (QED) is 0.436. The van der Waals surface area contributed by atoms with Crippen LogP contribution in [0, 0.1) is 5.82 Å². The summed E-state index contributed by atoms with van der Waals surface area (Å²) in [6.45, 7) is 0.375. The first-order valence-corrected chi connectivity index (χ1v) is 11.1. The molecule has 6 heteroatoms. The van der Waals surface area contributed by atoms with Crippen LogP contribution in [0.25, 0.3) is 6.08 Å². The van der Waals surface area contributed by atoms with Crippen molar-refractivity contribution in [2.24, 2.45) is 0 Å². The zero-order valence-corrected chi connectivity index (χ0v) is 17.6. The number of ether oxygens (including phenoxy) is 1. The van der Waals surface area contributed by atoms with Crippen LogP contribution in [0.15, 0.2) is 53.4 Å². The summed E-state index contributed by atoms with van der Waals surface area (Å²) in [5.74, 6) is 0.497. The molecule has 2 aromatic carbocycles. The number of hydrogen-bond donors (Lipinski definition) is 0. The average Bonchev–Trinajstić information content (AvgIpc) is 3.02. The second kappa shape index (κ2) is 9.09. The van der Waals surface area contributed by atoms with Gasteiger partial charge >= 0.3 is 0 Å². The Morgan fingerprint density at radius 2 is 1.76 bits per heavy atom. The molecule has 0 radical (unpaired) electrons. The van der Waals surface area contributed by atoms with Gasteiger partial charge in [-0.1, -0.05) is 67.5 Å². The fourth-order valence-electron chi connectivity index (χ4n) is 3.69. The molecule has 4 rings (SSSR count). The molecule has 0 unspecified atom stereocenters. The second-order valence-electron chi connectivity index (χ2n) is 7.33. The third-order valence-electron chi connectivity index (χ3n) is 5.26. The van der Waals surface area contributed by atoms with Gasteiger partial charge in [-0.3, -0.25) is 9.69 Å². The molecule has 0 atom stereocenters. The number of amides is 1. The van der Waals surface area contributed by atoms with Gasteiger partial charge in [-0.15, -0.1) is 0 Å². The first-order valence-electron chi connectivity index (χ1n) is 9.84. The molecule has 1 saturated carbocycles. The molecule has 1 aliphatic carbocycles. The largest absolute Gasteiger partial charge is 0.489 e. The maximum atomic E-state index is 13.0. The van der Waals surface area contributed by atoms with Crippen molar-refractivity contribution in [3.05, 3.63) is 70.4 Å². The van der Waals surface area contributed by atoms with E-state index < -0.39 is 0 Å². The molecule has 2 aliphatic rings. The molecule has 29 heavy (non-hydrogen) atoms. The fraction of sp³-hybridized carbons (Fsp3) is 0.304. The van der Waals surface area contributed by atoms with Gasteiger partial charge in [0, 0.05) is 6.04 Å². The van der Waals surface area contributed by atoms with Gasteiger partial charge in [0.1, 0.15) is 22.5 Å². The number of carbonyl (C=O) groups excluding carboxylic acids is 1. The number of halogens is 1. The van der Waals surface area contributed by atoms with Gasteiger partial charge in [-0.2, -0.15) is 0 Å². The fourth-order valence-corrected chi connectivity index (χ4v) is 5.09. The minimum Gasteiger partial charge on any atom is -0.489 e. The summed E-state index contributed by atoms with van der Waals surface area (Å²) in [6.07, 6.45) is 7.56. The molecule has 1 heterocycles. The third-order valence-corrected chi connectivity index (χ3v) is 6.59. The maximum Gasteiger partial charge on any atom is 0.266 e. The Bertz CT molecular complexity index is 919. The predicted octanol–water partition coefficient (Wildman–Crippen LogP) is 5.94. The molecule has 0 spiro atoms. The maximum absolute atomic E-state index is 13.0. The molecule has 2 fully saturated rings. The van der Waals surface area contributed by atoms with E-state index in [1.54, 1.807) is 12.1 Å². The van der Waals surface area contributed by atoms with Crippen LogP contribution in [0.1, 0.15) is 43.2 Å². The summed E-state index contributed by atoms with van der Waals surface area (Å²) in [7, 11) is 0. The van der Waals surface area contributed by atoms with Gasteiger partial charge < -0.3 is 4.74 Å². The Hall–Kier alpha value is -2.18. The van der Waals surface area contributed by atoms with Crippen LogP contribution >= 0.6 is 24.0 Å². The third kappa shape index (κ3) is 4.87. The van der Waals surface area contributed by atoms with Crippen LogP contribution in [0.5, 0.6) is 5.75 Å². The average molecular weight is 428 g/mol. The Morgan fingerprint density at radius 3 is 2.45 bits per heavy atom. The Balaban J connectivity index is 1.39. The van der Waals surface area contributed by atoms with E-state index in [-0.39, 0.29) is 17.8 Å². The lowest BCUT2D eigenvalue weighted by atomic mass is 9.94. The van der Waals surface area contributed by atoms with Gasteiger partial charge in [-0.05, 0) is 54.3 Å². The van der Waals surface area contributed by atoms with Gasteiger partial charge in [0.2, 0.25) is 0 Å². The SMILES string of the molecule is O=C1/C(=C\c2ccc(OCc3ccc(F)cc3)cc2)SC(=S)N1C1CCCCC1. The lowest BCUT2D eigenvalue weighted by Crippen LogP contribution is -2.39.